The summed E-state index contributed by atoms with van der Waals surface area (Å²) in [5.74, 6) is -0.138. The first-order chi connectivity index (χ1) is 20.9. The second-order valence-electron chi connectivity index (χ2n) is 11.7. The lowest BCUT2D eigenvalue weighted by Crippen LogP contribution is -2.58. The number of carbonyl (C=O) groups excluding carboxylic acids is 3. The van der Waals surface area contributed by atoms with Crippen molar-refractivity contribution in [2.75, 3.05) is 37.6 Å². The summed E-state index contributed by atoms with van der Waals surface area (Å²) in [5, 5.41) is 7.07. The molecule has 9 heteroatoms. The summed E-state index contributed by atoms with van der Waals surface area (Å²) in [7, 11) is 0. The fourth-order valence-corrected chi connectivity index (χ4v) is 6.61. The van der Waals surface area contributed by atoms with Crippen molar-refractivity contribution in [1.82, 2.24) is 20.4 Å². The first-order valence-corrected chi connectivity index (χ1v) is 15.5. The fourth-order valence-electron chi connectivity index (χ4n) is 6.48. The Morgan fingerprint density at radius 1 is 0.884 bits per heavy atom. The van der Waals surface area contributed by atoms with E-state index in [0.29, 0.717) is 57.1 Å². The summed E-state index contributed by atoms with van der Waals surface area (Å²) in [6.07, 6.45) is 1.83. The Labute approximate surface area is 258 Å². The zero-order chi connectivity index (χ0) is 29.9. The molecule has 0 saturated carbocycles. The average Bonchev–Trinajstić information content (AvgIpc) is 3.04. The van der Waals surface area contributed by atoms with Crippen molar-refractivity contribution in [3.05, 3.63) is 99.6 Å². The second kappa shape index (κ2) is 12.8. The van der Waals surface area contributed by atoms with Gasteiger partial charge in [0.15, 0.2) is 0 Å². The summed E-state index contributed by atoms with van der Waals surface area (Å²) in [6.45, 7) is 6.10. The van der Waals surface area contributed by atoms with Crippen molar-refractivity contribution in [2.24, 2.45) is 0 Å². The minimum atomic E-state index is -0.687. The van der Waals surface area contributed by atoms with E-state index in [1.54, 1.807) is 6.92 Å². The SMILES string of the molecule is CC(=O)N1CCc2cccc(N3CCN(C(=O)[C@@H](Cc4ccc(Cl)cc4)NC(=O)[C@H]4Cc5ccccc5CN4)CC3)c2C1. The average molecular weight is 600 g/mol. The standard InChI is InChI=1S/C34H38ClN5O3/c1-23(41)40-14-13-25-7-4-8-32(29(25)22-40)38-15-17-39(18-16-38)34(43)31(19-24-9-11-28(35)12-10-24)37-33(42)30-20-26-5-2-3-6-27(26)21-36-30/h2-12,30-31,36H,13-22H2,1H3,(H,37,42)/t30-,31-/m1/s1. The van der Waals surface area contributed by atoms with Crippen molar-refractivity contribution in [3.8, 4) is 0 Å². The predicted molar refractivity (Wildman–Crippen MR) is 168 cm³/mol. The summed E-state index contributed by atoms with van der Waals surface area (Å²) >= 11 is 6.11. The van der Waals surface area contributed by atoms with Crippen LogP contribution in [0.5, 0.6) is 0 Å². The highest BCUT2D eigenvalue weighted by molar-refractivity contribution is 6.30. The highest BCUT2D eigenvalue weighted by Crippen LogP contribution is 2.30. The van der Waals surface area contributed by atoms with Gasteiger partial charge in [0.25, 0.3) is 0 Å². The van der Waals surface area contributed by atoms with Gasteiger partial charge in [-0.15, -0.1) is 0 Å². The van der Waals surface area contributed by atoms with Gasteiger partial charge in [-0.1, -0.05) is 60.1 Å². The lowest BCUT2D eigenvalue weighted by Gasteiger charge is -2.40. The molecule has 224 valence electrons. The zero-order valence-corrected chi connectivity index (χ0v) is 25.3. The number of anilines is 1. The van der Waals surface area contributed by atoms with Crippen LogP contribution in [0.25, 0.3) is 0 Å². The number of nitrogens with zero attached hydrogens (tertiary/aromatic N) is 3. The molecule has 8 nitrogen and oxygen atoms in total. The smallest absolute Gasteiger partial charge is 0.245 e. The van der Waals surface area contributed by atoms with Crippen LogP contribution in [-0.4, -0.2) is 72.3 Å². The highest BCUT2D eigenvalue weighted by Gasteiger charge is 2.33. The van der Waals surface area contributed by atoms with Gasteiger partial charge in [-0.2, -0.15) is 0 Å². The van der Waals surface area contributed by atoms with E-state index in [1.807, 2.05) is 46.2 Å². The maximum atomic E-state index is 14.0. The van der Waals surface area contributed by atoms with Gasteiger partial charge in [0.1, 0.15) is 6.04 Å². The molecule has 0 radical (unpaired) electrons. The third-order valence-electron chi connectivity index (χ3n) is 8.99. The van der Waals surface area contributed by atoms with Crippen molar-refractivity contribution in [3.63, 3.8) is 0 Å². The quantitative estimate of drug-likeness (QED) is 0.454. The van der Waals surface area contributed by atoms with Crippen LogP contribution < -0.4 is 15.5 Å². The molecule has 0 unspecified atom stereocenters. The predicted octanol–water partition coefficient (Wildman–Crippen LogP) is 3.34. The van der Waals surface area contributed by atoms with E-state index in [0.717, 1.165) is 29.8 Å². The largest absolute Gasteiger partial charge is 0.368 e. The van der Waals surface area contributed by atoms with Crippen molar-refractivity contribution in [1.29, 1.82) is 0 Å². The molecule has 0 bridgehead atoms. The van der Waals surface area contributed by atoms with E-state index in [2.05, 4.69) is 45.9 Å². The molecule has 0 aromatic heterocycles. The first-order valence-electron chi connectivity index (χ1n) is 15.1. The number of benzene rings is 3. The maximum Gasteiger partial charge on any atom is 0.245 e. The van der Waals surface area contributed by atoms with Crippen LogP contribution in [0.15, 0.2) is 66.7 Å². The Morgan fingerprint density at radius 3 is 2.35 bits per heavy atom. The lowest BCUT2D eigenvalue weighted by atomic mass is 9.95. The number of nitrogens with one attached hydrogen (secondary N) is 2. The Balaban J connectivity index is 1.15. The monoisotopic (exact) mass is 599 g/mol. The lowest BCUT2D eigenvalue weighted by molar-refractivity contribution is -0.137. The number of hydrogen-bond acceptors (Lipinski definition) is 5. The molecule has 3 amide bonds. The maximum absolute atomic E-state index is 14.0. The molecule has 3 aromatic carbocycles. The van der Waals surface area contributed by atoms with Gasteiger partial charge in [-0.25, -0.2) is 0 Å². The van der Waals surface area contributed by atoms with Crippen molar-refractivity contribution in [2.45, 2.75) is 51.4 Å². The molecule has 0 spiro atoms. The third-order valence-corrected chi connectivity index (χ3v) is 9.24. The number of piperazine rings is 1. The van der Waals surface area contributed by atoms with Crippen molar-refractivity contribution >= 4 is 35.0 Å². The number of fused-ring (bicyclic) bond motifs is 2. The number of carbonyl (C=O) groups is 3. The van der Waals surface area contributed by atoms with Gasteiger partial charge in [0.05, 0.1) is 6.04 Å². The molecule has 1 saturated heterocycles. The van der Waals surface area contributed by atoms with Crippen LogP contribution in [0, 0.1) is 0 Å². The Bertz CT molecular complexity index is 1500. The fraction of sp³-hybridized carbons (Fsp3) is 0.382. The zero-order valence-electron chi connectivity index (χ0n) is 24.5. The number of halogens is 1. The molecule has 43 heavy (non-hydrogen) atoms. The van der Waals surface area contributed by atoms with Gasteiger partial charge >= 0.3 is 0 Å². The molecule has 2 N–H and O–H groups in total. The van der Waals surface area contributed by atoms with E-state index < -0.39 is 12.1 Å². The van der Waals surface area contributed by atoms with E-state index in [4.69, 9.17) is 11.6 Å². The number of rotatable bonds is 6. The topological polar surface area (TPSA) is 85.0 Å². The molecule has 2 atom stereocenters. The second-order valence-corrected chi connectivity index (χ2v) is 12.2. The first kappa shape index (κ1) is 29.2. The number of hydrogen-bond donors (Lipinski definition) is 2. The van der Waals surface area contributed by atoms with Gasteiger partial charge in [0, 0.05) is 69.9 Å². The van der Waals surface area contributed by atoms with Crippen LogP contribution in [0.1, 0.15) is 34.7 Å². The van der Waals surface area contributed by atoms with E-state index in [-0.39, 0.29) is 17.7 Å². The minimum absolute atomic E-state index is 0.0722. The van der Waals surface area contributed by atoms with Crippen LogP contribution >= 0.6 is 11.6 Å². The van der Waals surface area contributed by atoms with E-state index >= 15 is 0 Å². The number of amides is 3. The van der Waals surface area contributed by atoms with Gasteiger partial charge < -0.3 is 25.3 Å². The Kier molecular flexibility index (Phi) is 8.68. The highest BCUT2D eigenvalue weighted by atomic mass is 35.5. The summed E-state index contributed by atoms with van der Waals surface area (Å²) < 4.78 is 0. The van der Waals surface area contributed by atoms with E-state index in [1.165, 1.54) is 16.7 Å². The third kappa shape index (κ3) is 6.55. The summed E-state index contributed by atoms with van der Waals surface area (Å²) in [5.41, 5.74) is 6.94. The molecular weight excluding hydrogens is 562 g/mol. The van der Waals surface area contributed by atoms with Crippen LogP contribution in [-0.2, 0) is 46.7 Å². The molecule has 3 aliphatic heterocycles. The molecule has 3 aromatic rings. The van der Waals surface area contributed by atoms with Crippen LogP contribution in [0.4, 0.5) is 5.69 Å². The molecule has 3 aliphatic rings. The molecule has 0 aliphatic carbocycles. The van der Waals surface area contributed by atoms with Crippen LogP contribution in [0.2, 0.25) is 5.02 Å². The van der Waals surface area contributed by atoms with Gasteiger partial charge in [-0.3, -0.25) is 14.4 Å². The van der Waals surface area contributed by atoms with E-state index in [9.17, 15) is 14.4 Å². The Morgan fingerprint density at radius 2 is 1.60 bits per heavy atom. The Hall–Kier alpha value is -3.88. The minimum Gasteiger partial charge on any atom is -0.368 e. The summed E-state index contributed by atoms with van der Waals surface area (Å²) in [4.78, 5) is 45.7. The molecule has 3 heterocycles. The molecule has 1 fully saturated rings. The molecule has 6 rings (SSSR count). The van der Waals surface area contributed by atoms with Gasteiger partial charge in [0.2, 0.25) is 17.7 Å². The summed E-state index contributed by atoms with van der Waals surface area (Å²) in [6, 6.07) is 20.9. The van der Waals surface area contributed by atoms with Crippen molar-refractivity contribution < 1.29 is 14.4 Å². The van der Waals surface area contributed by atoms with Crippen LogP contribution in [0.3, 0.4) is 0 Å². The molecular formula is C34H38ClN5O3. The van der Waals surface area contributed by atoms with Gasteiger partial charge in [-0.05, 0) is 58.9 Å². The normalized spacial score (nSPS) is 18.8.